The van der Waals surface area contributed by atoms with E-state index in [1.54, 1.807) is 17.6 Å². The van der Waals surface area contributed by atoms with Crippen LogP contribution in [0.25, 0.3) is 11.4 Å². The van der Waals surface area contributed by atoms with Crippen LogP contribution in [-0.2, 0) is 19.5 Å². The second-order valence-corrected chi connectivity index (χ2v) is 6.64. The van der Waals surface area contributed by atoms with Gasteiger partial charge in [-0.1, -0.05) is 6.92 Å². The Kier molecular flexibility index (Phi) is 3.93. The van der Waals surface area contributed by atoms with Crippen molar-refractivity contribution in [1.29, 1.82) is 0 Å². The largest absolute Gasteiger partial charge is 0.451 e. The molecule has 0 saturated heterocycles. The Morgan fingerprint density at radius 2 is 2.38 bits per heavy atom. The summed E-state index contributed by atoms with van der Waals surface area (Å²) in [5.41, 5.74) is 4.62. The molecule has 0 aliphatic carbocycles. The second-order valence-electron chi connectivity index (χ2n) is 5.86. The zero-order valence-electron chi connectivity index (χ0n) is 13.4. The zero-order valence-corrected chi connectivity index (χ0v) is 14.3. The molecular weight excluding hydrogens is 324 g/mol. The van der Waals surface area contributed by atoms with Crippen LogP contribution in [0.1, 0.15) is 35.0 Å². The van der Waals surface area contributed by atoms with Gasteiger partial charge in [0.2, 0.25) is 0 Å². The molecule has 1 aliphatic rings. The number of aromatic nitrogens is 3. The van der Waals surface area contributed by atoms with Crippen molar-refractivity contribution < 1.29 is 9.21 Å². The van der Waals surface area contributed by atoms with Gasteiger partial charge in [0.1, 0.15) is 17.7 Å². The third-order valence-corrected chi connectivity index (χ3v) is 4.98. The van der Waals surface area contributed by atoms with Crippen molar-refractivity contribution in [2.45, 2.75) is 32.9 Å². The van der Waals surface area contributed by atoms with Gasteiger partial charge in [-0.25, -0.2) is 4.98 Å². The van der Waals surface area contributed by atoms with E-state index in [1.165, 1.54) is 12.1 Å². The lowest BCUT2D eigenvalue weighted by molar-refractivity contribution is 0.0734. The highest BCUT2D eigenvalue weighted by Crippen LogP contribution is 2.30. The first kappa shape index (κ1) is 15.1. The quantitative estimate of drug-likeness (QED) is 0.730. The summed E-state index contributed by atoms with van der Waals surface area (Å²) in [5.74, 6) is 0.0799. The number of hydrogen-bond donors (Lipinski definition) is 0. The Balaban J connectivity index is 1.70. The monoisotopic (exact) mass is 342 g/mol. The summed E-state index contributed by atoms with van der Waals surface area (Å²) in [4.78, 5) is 18.8. The van der Waals surface area contributed by atoms with Crippen molar-refractivity contribution in [3.05, 3.63) is 46.3 Å². The maximum Gasteiger partial charge on any atom is 0.255 e. The summed E-state index contributed by atoms with van der Waals surface area (Å²) in [5, 5.41) is 8.57. The molecule has 3 aromatic rings. The minimum Gasteiger partial charge on any atom is -0.451 e. The third kappa shape index (κ3) is 2.54. The maximum absolute atomic E-state index is 12.7. The molecule has 0 bridgehead atoms. The van der Waals surface area contributed by atoms with E-state index in [-0.39, 0.29) is 5.91 Å². The Bertz CT molecular complexity index is 836. The standard InChI is InChI=1S/C17H18N4O2S/c1-2-5-21-15-3-6-20(17(22)12-4-7-24-10-12)8-13(15)16(19-21)14-9-23-11-18-14/h4,7,9-11H,2-3,5-6,8H2,1H3. The predicted octanol–water partition coefficient (Wildman–Crippen LogP) is 3.21. The molecule has 0 atom stereocenters. The molecule has 0 fully saturated rings. The number of fused-ring (bicyclic) bond motifs is 1. The lowest BCUT2D eigenvalue weighted by Gasteiger charge is -2.27. The van der Waals surface area contributed by atoms with Crippen LogP contribution < -0.4 is 0 Å². The molecule has 0 spiro atoms. The molecule has 7 heteroatoms. The van der Waals surface area contributed by atoms with Crippen LogP contribution >= 0.6 is 11.3 Å². The van der Waals surface area contributed by atoms with Gasteiger partial charge in [-0.2, -0.15) is 16.4 Å². The van der Waals surface area contributed by atoms with E-state index >= 15 is 0 Å². The van der Waals surface area contributed by atoms with Crippen molar-refractivity contribution in [2.75, 3.05) is 6.54 Å². The molecule has 24 heavy (non-hydrogen) atoms. The van der Waals surface area contributed by atoms with E-state index in [0.717, 1.165) is 48.4 Å². The lowest BCUT2D eigenvalue weighted by Crippen LogP contribution is -2.36. The third-order valence-electron chi connectivity index (χ3n) is 4.30. The van der Waals surface area contributed by atoms with Gasteiger partial charge in [-0.3, -0.25) is 9.48 Å². The SMILES string of the molecule is CCCn1nc(-c2cocn2)c2c1CCN(C(=O)c1ccsc1)C2. The van der Waals surface area contributed by atoms with E-state index in [2.05, 4.69) is 16.6 Å². The molecule has 1 aliphatic heterocycles. The van der Waals surface area contributed by atoms with Crippen LogP contribution in [0.5, 0.6) is 0 Å². The number of aryl methyl sites for hydroxylation is 1. The smallest absolute Gasteiger partial charge is 0.255 e. The topological polar surface area (TPSA) is 64.2 Å². The highest BCUT2D eigenvalue weighted by atomic mass is 32.1. The van der Waals surface area contributed by atoms with Gasteiger partial charge in [-0.15, -0.1) is 0 Å². The maximum atomic E-state index is 12.7. The van der Waals surface area contributed by atoms with Crippen LogP contribution in [0.4, 0.5) is 0 Å². The number of nitrogens with zero attached hydrogens (tertiary/aromatic N) is 4. The van der Waals surface area contributed by atoms with E-state index in [1.807, 2.05) is 21.7 Å². The van der Waals surface area contributed by atoms with Gasteiger partial charge in [0, 0.05) is 36.1 Å². The molecule has 124 valence electrons. The van der Waals surface area contributed by atoms with Gasteiger partial charge >= 0.3 is 0 Å². The highest BCUT2D eigenvalue weighted by Gasteiger charge is 2.29. The van der Waals surface area contributed by atoms with E-state index in [0.29, 0.717) is 6.54 Å². The Morgan fingerprint density at radius 1 is 1.46 bits per heavy atom. The average Bonchev–Trinajstić information content (AvgIpc) is 3.35. The lowest BCUT2D eigenvalue weighted by atomic mass is 10.0. The van der Waals surface area contributed by atoms with Gasteiger partial charge in [0.25, 0.3) is 5.91 Å². The van der Waals surface area contributed by atoms with Crippen molar-refractivity contribution in [3.63, 3.8) is 0 Å². The number of oxazole rings is 1. The summed E-state index contributed by atoms with van der Waals surface area (Å²) in [6, 6.07) is 1.88. The summed E-state index contributed by atoms with van der Waals surface area (Å²) < 4.78 is 7.18. The number of rotatable bonds is 4. The molecule has 0 aromatic carbocycles. The molecule has 1 amide bonds. The van der Waals surface area contributed by atoms with Crippen LogP contribution in [0, 0.1) is 0 Å². The van der Waals surface area contributed by atoms with Crippen LogP contribution in [0.2, 0.25) is 0 Å². The fourth-order valence-corrected chi connectivity index (χ4v) is 3.79. The molecule has 4 heterocycles. The number of hydrogen-bond acceptors (Lipinski definition) is 5. The predicted molar refractivity (Wildman–Crippen MR) is 90.8 cm³/mol. The van der Waals surface area contributed by atoms with Crippen LogP contribution in [-0.4, -0.2) is 32.1 Å². The molecule has 0 saturated carbocycles. The molecule has 0 unspecified atom stereocenters. The number of carbonyl (C=O) groups is 1. The zero-order chi connectivity index (χ0) is 16.5. The van der Waals surface area contributed by atoms with E-state index in [4.69, 9.17) is 9.52 Å². The van der Waals surface area contributed by atoms with E-state index in [9.17, 15) is 4.79 Å². The Morgan fingerprint density at radius 3 is 3.08 bits per heavy atom. The average molecular weight is 342 g/mol. The van der Waals surface area contributed by atoms with Crippen molar-refractivity contribution in [2.24, 2.45) is 0 Å². The van der Waals surface area contributed by atoms with E-state index < -0.39 is 0 Å². The van der Waals surface area contributed by atoms with Crippen LogP contribution in [0.3, 0.4) is 0 Å². The highest BCUT2D eigenvalue weighted by molar-refractivity contribution is 7.08. The first-order valence-electron chi connectivity index (χ1n) is 8.06. The normalized spacial score (nSPS) is 14.0. The summed E-state index contributed by atoms with van der Waals surface area (Å²) in [6.07, 6.45) is 4.86. The molecular formula is C17H18N4O2S. The minimum atomic E-state index is 0.0799. The Labute approximate surface area is 143 Å². The molecule has 0 N–H and O–H groups in total. The fourth-order valence-electron chi connectivity index (χ4n) is 3.16. The summed E-state index contributed by atoms with van der Waals surface area (Å²) >= 11 is 1.54. The summed E-state index contributed by atoms with van der Waals surface area (Å²) in [6.45, 7) is 4.29. The van der Waals surface area contributed by atoms with Crippen molar-refractivity contribution >= 4 is 17.2 Å². The van der Waals surface area contributed by atoms with Crippen molar-refractivity contribution in [1.82, 2.24) is 19.7 Å². The number of thiophene rings is 1. The first-order chi connectivity index (χ1) is 11.8. The first-order valence-corrected chi connectivity index (χ1v) is 9.00. The summed E-state index contributed by atoms with van der Waals surface area (Å²) in [7, 11) is 0. The molecule has 0 radical (unpaired) electrons. The van der Waals surface area contributed by atoms with Gasteiger partial charge < -0.3 is 9.32 Å². The fraction of sp³-hybridized carbons (Fsp3) is 0.353. The van der Waals surface area contributed by atoms with Gasteiger partial charge in [0.05, 0.1) is 12.1 Å². The molecule has 4 rings (SSSR count). The van der Waals surface area contributed by atoms with Crippen molar-refractivity contribution in [3.8, 4) is 11.4 Å². The minimum absolute atomic E-state index is 0.0799. The second kappa shape index (κ2) is 6.24. The number of amides is 1. The van der Waals surface area contributed by atoms with Crippen LogP contribution in [0.15, 0.2) is 33.9 Å². The Hall–Kier alpha value is -2.41. The number of carbonyl (C=O) groups excluding carboxylic acids is 1. The van der Waals surface area contributed by atoms with Gasteiger partial charge in [0.15, 0.2) is 6.39 Å². The molecule has 6 nitrogen and oxygen atoms in total. The molecule has 3 aromatic heterocycles. The van der Waals surface area contributed by atoms with Gasteiger partial charge in [-0.05, 0) is 17.9 Å².